The van der Waals surface area contributed by atoms with Crippen molar-refractivity contribution in [3.63, 3.8) is 0 Å². The average molecular weight is 326 g/mol. The number of aliphatic hydroxyl groups is 1. The molecule has 1 N–H and O–H groups in total. The number of para-hydroxylation sites is 1. The van der Waals surface area contributed by atoms with Gasteiger partial charge >= 0.3 is 5.97 Å². The quantitative estimate of drug-likeness (QED) is 0.514. The van der Waals surface area contributed by atoms with Crippen LogP contribution in [0.1, 0.15) is 31.9 Å². The van der Waals surface area contributed by atoms with Crippen molar-refractivity contribution in [3.05, 3.63) is 59.7 Å². The van der Waals surface area contributed by atoms with Gasteiger partial charge in [-0.1, -0.05) is 30.3 Å². The molecule has 0 aliphatic carbocycles. The molecule has 0 fully saturated rings. The summed E-state index contributed by atoms with van der Waals surface area (Å²) in [5.74, 6) is 0.819. The van der Waals surface area contributed by atoms with Crippen molar-refractivity contribution >= 4 is 17.6 Å². The molecular weight excluding hydrogens is 304 g/mol. The van der Waals surface area contributed by atoms with E-state index in [1.54, 1.807) is 33.1 Å². The molecule has 0 radical (unpaired) electrons. The van der Waals surface area contributed by atoms with Crippen LogP contribution in [0.15, 0.2) is 48.5 Å². The molecule has 0 amide bonds. The molecule has 24 heavy (non-hydrogen) atoms. The lowest BCUT2D eigenvalue weighted by Crippen LogP contribution is -2.20. The number of rotatable bonds is 5. The topological polar surface area (TPSA) is 55.8 Å². The summed E-state index contributed by atoms with van der Waals surface area (Å²) in [5, 5.41) is 10.6. The zero-order valence-corrected chi connectivity index (χ0v) is 14.4. The Morgan fingerprint density at radius 1 is 1.08 bits per heavy atom. The van der Waals surface area contributed by atoms with E-state index in [9.17, 15) is 9.90 Å². The summed E-state index contributed by atoms with van der Waals surface area (Å²) in [6.07, 6.45) is 1.83. The number of hydrogen-bond donors (Lipinski definition) is 1. The maximum Gasteiger partial charge on any atom is 0.308 e. The Balaban J connectivity index is 2.52. The maximum atomic E-state index is 11.3. The van der Waals surface area contributed by atoms with Crippen LogP contribution < -0.4 is 9.47 Å². The van der Waals surface area contributed by atoms with E-state index in [4.69, 9.17) is 9.47 Å². The minimum absolute atomic E-state index is 0.384. The number of methoxy groups -OCH3 is 1. The highest BCUT2D eigenvalue weighted by Crippen LogP contribution is 2.32. The zero-order chi connectivity index (χ0) is 17.7. The third-order valence-electron chi connectivity index (χ3n) is 3.53. The lowest BCUT2D eigenvalue weighted by molar-refractivity contribution is -0.131. The fourth-order valence-corrected chi connectivity index (χ4v) is 2.39. The summed E-state index contributed by atoms with van der Waals surface area (Å²) in [4.78, 5) is 11.3. The van der Waals surface area contributed by atoms with Gasteiger partial charge < -0.3 is 14.6 Å². The smallest absolute Gasteiger partial charge is 0.308 e. The van der Waals surface area contributed by atoms with E-state index in [2.05, 4.69) is 0 Å². The summed E-state index contributed by atoms with van der Waals surface area (Å²) in [7, 11) is 1.61. The number of benzene rings is 2. The second-order valence-corrected chi connectivity index (χ2v) is 5.98. The highest BCUT2D eigenvalue weighted by atomic mass is 16.5. The average Bonchev–Trinajstić information content (AvgIpc) is 2.52. The highest BCUT2D eigenvalue weighted by Gasteiger charge is 2.22. The van der Waals surface area contributed by atoms with Gasteiger partial charge in [-0.05, 0) is 49.3 Å². The fourth-order valence-electron chi connectivity index (χ4n) is 2.39. The van der Waals surface area contributed by atoms with Crippen LogP contribution in [0.2, 0.25) is 0 Å². The van der Waals surface area contributed by atoms with Crippen molar-refractivity contribution in [2.75, 3.05) is 7.11 Å². The van der Waals surface area contributed by atoms with Crippen molar-refractivity contribution in [1.82, 2.24) is 0 Å². The molecule has 0 atom stereocenters. The molecule has 2 aromatic rings. The van der Waals surface area contributed by atoms with Crippen LogP contribution in [-0.4, -0.2) is 23.8 Å². The van der Waals surface area contributed by atoms with E-state index < -0.39 is 5.60 Å². The first-order valence-electron chi connectivity index (χ1n) is 7.67. The van der Waals surface area contributed by atoms with Crippen molar-refractivity contribution in [2.24, 2.45) is 0 Å². The molecule has 0 unspecified atom stereocenters. The fraction of sp³-hybridized carbons (Fsp3) is 0.250. The van der Waals surface area contributed by atoms with Crippen molar-refractivity contribution in [1.29, 1.82) is 0 Å². The third kappa shape index (κ3) is 4.46. The minimum atomic E-state index is -1.07. The first kappa shape index (κ1) is 17.8. The van der Waals surface area contributed by atoms with Crippen LogP contribution in [0.25, 0.3) is 11.6 Å². The first-order chi connectivity index (χ1) is 11.3. The number of carbonyl (C=O) groups is 1. The first-order valence-corrected chi connectivity index (χ1v) is 7.67. The predicted octanol–water partition coefficient (Wildman–Crippen LogP) is 3.93. The van der Waals surface area contributed by atoms with Crippen molar-refractivity contribution in [2.45, 2.75) is 26.4 Å². The van der Waals surface area contributed by atoms with Crippen LogP contribution in [0.3, 0.4) is 0 Å². The molecule has 0 aliphatic rings. The molecular formula is C20H22O4. The second kappa shape index (κ2) is 7.32. The Morgan fingerprint density at radius 3 is 2.25 bits per heavy atom. The summed E-state index contributed by atoms with van der Waals surface area (Å²) in [6.45, 7) is 4.80. The molecule has 2 rings (SSSR count). The number of esters is 1. The van der Waals surface area contributed by atoms with Crippen molar-refractivity contribution in [3.8, 4) is 11.5 Å². The van der Waals surface area contributed by atoms with Gasteiger partial charge in [0.25, 0.3) is 0 Å². The molecule has 4 nitrogen and oxygen atoms in total. The van der Waals surface area contributed by atoms with Crippen LogP contribution in [0.5, 0.6) is 11.5 Å². The van der Waals surface area contributed by atoms with Gasteiger partial charge in [0.1, 0.15) is 11.5 Å². The predicted molar refractivity (Wildman–Crippen MR) is 94.9 cm³/mol. The van der Waals surface area contributed by atoms with Crippen LogP contribution in [0, 0.1) is 0 Å². The van der Waals surface area contributed by atoms with Gasteiger partial charge in [0.05, 0.1) is 12.7 Å². The monoisotopic (exact) mass is 326 g/mol. The van der Waals surface area contributed by atoms with E-state index >= 15 is 0 Å². The molecule has 2 aromatic carbocycles. The van der Waals surface area contributed by atoms with Gasteiger partial charge in [-0.25, -0.2) is 0 Å². The van der Waals surface area contributed by atoms with Gasteiger partial charge in [-0.2, -0.15) is 0 Å². The number of carbonyl (C=O) groups excluding carboxylic acids is 1. The van der Waals surface area contributed by atoms with E-state index in [-0.39, 0.29) is 5.97 Å². The van der Waals surface area contributed by atoms with E-state index in [0.29, 0.717) is 11.3 Å². The Morgan fingerprint density at radius 2 is 1.71 bits per heavy atom. The van der Waals surface area contributed by atoms with Gasteiger partial charge in [0.15, 0.2) is 0 Å². The van der Waals surface area contributed by atoms with Gasteiger partial charge in [0, 0.05) is 12.5 Å². The summed E-state index contributed by atoms with van der Waals surface area (Å²) >= 11 is 0. The van der Waals surface area contributed by atoms with Gasteiger partial charge in [-0.15, -0.1) is 0 Å². The Labute approximate surface area is 142 Å². The second-order valence-electron chi connectivity index (χ2n) is 5.98. The van der Waals surface area contributed by atoms with E-state index in [1.165, 1.54) is 6.92 Å². The summed E-state index contributed by atoms with van der Waals surface area (Å²) in [6, 6.07) is 14.7. The SMILES string of the molecule is COc1ccc(/C(=C/c2ccccc2OC(C)=O)C(C)(C)O)cc1. The summed E-state index contributed by atoms with van der Waals surface area (Å²) < 4.78 is 10.4. The van der Waals surface area contributed by atoms with Crippen LogP contribution in [-0.2, 0) is 4.79 Å². The van der Waals surface area contributed by atoms with Crippen LogP contribution >= 0.6 is 0 Å². The molecule has 0 aromatic heterocycles. The standard InChI is InChI=1S/C20H22O4/c1-14(21)24-19-8-6-5-7-16(19)13-18(20(2,3)22)15-9-11-17(23-4)12-10-15/h5-13,22H,1-4H3/b18-13-. The third-order valence-corrected chi connectivity index (χ3v) is 3.53. The summed E-state index contributed by atoms with van der Waals surface area (Å²) in [5.41, 5.74) is 1.23. The molecule has 0 aliphatic heterocycles. The van der Waals surface area contributed by atoms with Crippen LogP contribution in [0.4, 0.5) is 0 Å². The van der Waals surface area contributed by atoms with Gasteiger partial charge in [-0.3, -0.25) is 4.79 Å². The molecule has 0 heterocycles. The number of hydrogen-bond acceptors (Lipinski definition) is 4. The molecule has 4 heteroatoms. The minimum Gasteiger partial charge on any atom is -0.497 e. The molecule has 0 bridgehead atoms. The van der Waals surface area contributed by atoms with Gasteiger partial charge in [0.2, 0.25) is 0 Å². The molecule has 0 saturated heterocycles. The van der Waals surface area contributed by atoms with E-state index in [1.807, 2.05) is 42.5 Å². The van der Waals surface area contributed by atoms with Crippen molar-refractivity contribution < 1.29 is 19.4 Å². The lowest BCUT2D eigenvalue weighted by atomic mass is 9.89. The largest absolute Gasteiger partial charge is 0.497 e. The zero-order valence-electron chi connectivity index (χ0n) is 14.4. The molecule has 0 saturated carbocycles. The normalized spacial score (nSPS) is 12.0. The number of ether oxygens (including phenoxy) is 2. The molecule has 0 spiro atoms. The Kier molecular flexibility index (Phi) is 5.42. The highest BCUT2D eigenvalue weighted by molar-refractivity contribution is 5.87. The Hall–Kier alpha value is -2.59. The Bertz CT molecular complexity index is 737. The maximum absolute atomic E-state index is 11.3. The molecule has 126 valence electrons. The van der Waals surface area contributed by atoms with E-state index in [0.717, 1.165) is 16.9 Å². The lowest BCUT2D eigenvalue weighted by Gasteiger charge is -2.23.